The Kier molecular flexibility index (Phi) is 3.67. The zero-order valence-corrected chi connectivity index (χ0v) is 8.60. The third-order valence-electron chi connectivity index (χ3n) is 3.01. The number of hydrogen-bond donors (Lipinski definition) is 0. The van der Waals surface area contributed by atoms with Crippen LogP contribution in [0.4, 0.5) is 0 Å². The first-order chi connectivity index (χ1) is 5.60. The zero-order chi connectivity index (χ0) is 9.03. The zero-order valence-electron chi connectivity index (χ0n) is 8.60. The van der Waals surface area contributed by atoms with E-state index in [1.54, 1.807) is 0 Å². The van der Waals surface area contributed by atoms with Crippen molar-refractivity contribution in [3.8, 4) is 0 Å². The van der Waals surface area contributed by atoms with E-state index in [9.17, 15) is 0 Å². The third-order valence-corrected chi connectivity index (χ3v) is 3.01. The van der Waals surface area contributed by atoms with E-state index in [0.717, 1.165) is 5.92 Å². The molecule has 12 heavy (non-hydrogen) atoms. The van der Waals surface area contributed by atoms with E-state index >= 15 is 0 Å². The van der Waals surface area contributed by atoms with Crippen LogP contribution in [0.15, 0.2) is 0 Å². The van der Waals surface area contributed by atoms with Gasteiger partial charge < -0.3 is 0 Å². The average Bonchev–Trinajstić information content (AvgIpc) is 1.99. The molecule has 1 fully saturated rings. The highest BCUT2D eigenvalue weighted by atomic mass is 14.2. The predicted octanol–water partition coefficient (Wildman–Crippen LogP) is 3.71. The van der Waals surface area contributed by atoms with Crippen LogP contribution in [0.2, 0.25) is 5.31 Å². The Morgan fingerprint density at radius 2 is 1.83 bits per heavy atom. The molecule has 0 amide bonds. The number of rotatable bonds is 0. The van der Waals surface area contributed by atoms with E-state index in [1.165, 1.54) is 44.9 Å². The molecular weight excluding hydrogens is 143 g/mol. The van der Waals surface area contributed by atoms with Crippen molar-refractivity contribution in [1.82, 2.24) is 0 Å². The fourth-order valence-corrected chi connectivity index (χ4v) is 2.38. The molecule has 2 atom stereocenters. The first-order valence-electron chi connectivity index (χ1n) is 5.39. The minimum Gasteiger partial charge on any atom is -0.0686 e. The highest BCUT2D eigenvalue weighted by molar-refractivity contribution is 6.14. The van der Waals surface area contributed by atoms with Gasteiger partial charge in [-0.05, 0) is 5.92 Å². The SMILES string of the molecule is [B]C1(C)CCCCCCC(C)C1. The molecule has 0 aromatic heterocycles. The van der Waals surface area contributed by atoms with Crippen LogP contribution >= 0.6 is 0 Å². The molecule has 1 heteroatoms. The van der Waals surface area contributed by atoms with Gasteiger partial charge in [-0.3, -0.25) is 0 Å². The molecule has 1 rings (SSSR count). The fraction of sp³-hybridized carbons (Fsp3) is 1.00. The maximum atomic E-state index is 6.21. The van der Waals surface area contributed by atoms with Gasteiger partial charge in [-0.1, -0.05) is 64.1 Å². The first kappa shape index (κ1) is 10.1. The summed E-state index contributed by atoms with van der Waals surface area (Å²) in [5, 5.41) is 0.115. The van der Waals surface area contributed by atoms with Gasteiger partial charge in [0.15, 0.2) is 0 Å². The van der Waals surface area contributed by atoms with Crippen LogP contribution in [0.3, 0.4) is 0 Å². The topological polar surface area (TPSA) is 0 Å². The molecule has 1 aliphatic carbocycles. The summed E-state index contributed by atoms with van der Waals surface area (Å²) < 4.78 is 0. The summed E-state index contributed by atoms with van der Waals surface area (Å²) in [6, 6.07) is 0. The van der Waals surface area contributed by atoms with E-state index in [1.807, 2.05) is 0 Å². The lowest BCUT2D eigenvalue weighted by atomic mass is 9.63. The van der Waals surface area contributed by atoms with Crippen LogP contribution in [0.25, 0.3) is 0 Å². The number of hydrogen-bond acceptors (Lipinski definition) is 0. The first-order valence-corrected chi connectivity index (χ1v) is 5.39. The Hall–Kier alpha value is 0.0649. The normalized spacial score (nSPS) is 39.7. The van der Waals surface area contributed by atoms with Crippen LogP contribution in [0.1, 0.15) is 58.8 Å². The molecule has 68 valence electrons. The van der Waals surface area contributed by atoms with Crippen molar-refractivity contribution in [3.63, 3.8) is 0 Å². The summed E-state index contributed by atoms with van der Waals surface area (Å²) in [5.74, 6) is 0.832. The Morgan fingerprint density at radius 3 is 2.58 bits per heavy atom. The molecule has 0 saturated heterocycles. The lowest BCUT2D eigenvalue weighted by Crippen LogP contribution is -2.12. The molecule has 0 bridgehead atoms. The second-order valence-electron chi connectivity index (χ2n) is 4.92. The van der Waals surface area contributed by atoms with E-state index in [2.05, 4.69) is 13.8 Å². The second kappa shape index (κ2) is 4.34. The van der Waals surface area contributed by atoms with Gasteiger partial charge in [0.25, 0.3) is 0 Å². The molecule has 2 radical (unpaired) electrons. The van der Waals surface area contributed by atoms with Crippen molar-refractivity contribution in [2.24, 2.45) is 5.92 Å². The second-order valence-corrected chi connectivity index (χ2v) is 4.92. The van der Waals surface area contributed by atoms with Gasteiger partial charge in [0.05, 0.1) is 7.85 Å². The minimum atomic E-state index is 0.115. The smallest absolute Gasteiger partial charge is 0.0686 e. The van der Waals surface area contributed by atoms with Crippen LogP contribution in [-0.2, 0) is 0 Å². The van der Waals surface area contributed by atoms with E-state index < -0.39 is 0 Å². The van der Waals surface area contributed by atoms with Crippen molar-refractivity contribution >= 4 is 7.85 Å². The molecular formula is C11H21B. The molecule has 2 unspecified atom stereocenters. The van der Waals surface area contributed by atoms with Gasteiger partial charge in [0, 0.05) is 0 Å². The van der Waals surface area contributed by atoms with Crippen LogP contribution in [-0.4, -0.2) is 7.85 Å². The van der Waals surface area contributed by atoms with E-state index in [-0.39, 0.29) is 5.31 Å². The van der Waals surface area contributed by atoms with Gasteiger partial charge >= 0.3 is 0 Å². The average molecular weight is 164 g/mol. The molecule has 1 aliphatic rings. The van der Waals surface area contributed by atoms with Gasteiger partial charge in [-0.15, -0.1) is 0 Å². The maximum absolute atomic E-state index is 6.21. The molecule has 1 saturated carbocycles. The van der Waals surface area contributed by atoms with Gasteiger partial charge in [0.2, 0.25) is 0 Å². The predicted molar refractivity (Wildman–Crippen MR) is 55.6 cm³/mol. The van der Waals surface area contributed by atoms with Crippen molar-refractivity contribution in [1.29, 1.82) is 0 Å². The van der Waals surface area contributed by atoms with Crippen molar-refractivity contribution in [2.75, 3.05) is 0 Å². The van der Waals surface area contributed by atoms with Gasteiger partial charge in [0.1, 0.15) is 0 Å². The van der Waals surface area contributed by atoms with Crippen molar-refractivity contribution in [2.45, 2.75) is 64.1 Å². The van der Waals surface area contributed by atoms with Crippen LogP contribution < -0.4 is 0 Å². The molecule has 0 N–H and O–H groups in total. The van der Waals surface area contributed by atoms with Gasteiger partial charge in [-0.25, -0.2) is 0 Å². The highest BCUT2D eigenvalue weighted by Gasteiger charge is 2.21. The summed E-state index contributed by atoms with van der Waals surface area (Å²) in [6.45, 7) is 4.56. The Morgan fingerprint density at radius 1 is 1.17 bits per heavy atom. The molecule has 0 nitrogen and oxygen atoms in total. The standard InChI is InChI=1S/C11H21B/c1-10-7-5-3-4-6-8-11(2,12)9-10/h10H,3-9H2,1-2H3. The quantitative estimate of drug-likeness (QED) is 0.478. The van der Waals surface area contributed by atoms with Crippen molar-refractivity contribution < 1.29 is 0 Å². The molecule has 0 aromatic rings. The third kappa shape index (κ3) is 3.64. The summed E-state index contributed by atoms with van der Waals surface area (Å²) in [6.07, 6.45) is 9.37. The Bertz CT molecular complexity index is 129. The Balaban J connectivity index is 2.44. The fourth-order valence-electron chi connectivity index (χ4n) is 2.38. The summed E-state index contributed by atoms with van der Waals surface area (Å²) in [4.78, 5) is 0. The molecule has 0 aromatic carbocycles. The minimum absolute atomic E-state index is 0.115. The Labute approximate surface area is 78.5 Å². The lowest BCUT2D eigenvalue weighted by molar-refractivity contribution is 0.398. The van der Waals surface area contributed by atoms with E-state index in [4.69, 9.17) is 7.85 Å². The van der Waals surface area contributed by atoms with Crippen molar-refractivity contribution in [3.05, 3.63) is 0 Å². The summed E-state index contributed by atoms with van der Waals surface area (Å²) >= 11 is 0. The van der Waals surface area contributed by atoms with Crippen LogP contribution in [0.5, 0.6) is 0 Å². The molecule has 0 aliphatic heterocycles. The van der Waals surface area contributed by atoms with E-state index in [0.29, 0.717) is 0 Å². The molecule has 0 heterocycles. The van der Waals surface area contributed by atoms with Gasteiger partial charge in [-0.2, -0.15) is 0 Å². The monoisotopic (exact) mass is 164 g/mol. The summed E-state index contributed by atoms with van der Waals surface area (Å²) in [7, 11) is 6.21. The molecule has 0 spiro atoms. The van der Waals surface area contributed by atoms with Crippen LogP contribution in [0, 0.1) is 5.92 Å². The largest absolute Gasteiger partial charge is 0.0742 e. The summed E-state index contributed by atoms with van der Waals surface area (Å²) in [5.41, 5.74) is 0. The highest BCUT2D eigenvalue weighted by Crippen LogP contribution is 2.38. The maximum Gasteiger partial charge on any atom is 0.0742 e. The lowest BCUT2D eigenvalue weighted by Gasteiger charge is -2.27.